The summed E-state index contributed by atoms with van der Waals surface area (Å²) in [7, 11) is -12.2. The molecular formula is C27H23CoF6N5O6S2. The van der Waals surface area contributed by atoms with Gasteiger partial charge in [0.15, 0.2) is 20.2 Å². The SMILES string of the molecule is CC#N.CC(c1ccccn1)(c1ccccn1)c1cccc(Cc2ccccn2)n1.O=S(=O)([O-])C(F)(F)F.O=S(=O)([O-])C(F)(F)F.[Co+2]. The summed E-state index contributed by atoms with van der Waals surface area (Å²) < 4.78 is 118. The summed E-state index contributed by atoms with van der Waals surface area (Å²) in [6, 6.07) is 25.7. The van der Waals surface area contributed by atoms with Crippen molar-refractivity contribution in [2.45, 2.75) is 36.7 Å². The van der Waals surface area contributed by atoms with Gasteiger partial charge in [0.2, 0.25) is 0 Å². The predicted octanol–water partition coefficient (Wildman–Crippen LogP) is 4.84. The number of hydrogen-bond acceptors (Lipinski definition) is 11. The van der Waals surface area contributed by atoms with Gasteiger partial charge >= 0.3 is 27.8 Å². The van der Waals surface area contributed by atoms with E-state index < -0.39 is 36.7 Å². The van der Waals surface area contributed by atoms with E-state index in [9.17, 15) is 26.3 Å². The van der Waals surface area contributed by atoms with E-state index >= 15 is 0 Å². The van der Waals surface area contributed by atoms with Gasteiger partial charge in [-0.25, -0.2) is 16.8 Å². The van der Waals surface area contributed by atoms with Crippen LogP contribution in [0.2, 0.25) is 0 Å². The molecule has 255 valence electrons. The van der Waals surface area contributed by atoms with Crippen LogP contribution in [0.5, 0.6) is 0 Å². The van der Waals surface area contributed by atoms with Crippen molar-refractivity contribution >= 4 is 20.2 Å². The zero-order valence-electron chi connectivity index (χ0n) is 24.0. The Morgan fingerprint density at radius 3 is 1.32 bits per heavy atom. The number of nitrogens with zero attached hydrogens (tertiary/aromatic N) is 5. The smallest absolute Gasteiger partial charge is 0.741 e. The molecule has 4 aromatic rings. The predicted molar refractivity (Wildman–Crippen MR) is 148 cm³/mol. The van der Waals surface area contributed by atoms with E-state index in [0.29, 0.717) is 6.42 Å². The Morgan fingerprint density at radius 2 is 1.00 bits per heavy atom. The quantitative estimate of drug-likeness (QED) is 0.154. The van der Waals surface area contributed by atoms with Crippen molar-refractivity contribution in [3.05, 3.63) is 120 Å². The maximum atomic E-state index is 10.7. The van der Waals surface area contributed by atoms with Gasteiger partial charge in [-0.3, -0.25) is 19.9 Å². The van der Waals surface area contributed by atoms with Gasteiger partial charge in [-0.2, -0.15) is 31.6 Å². The number of aromatic nitrogens is 4. The second-order valence-corrected chi connectivity index (χ2v) is 11.3. The number of rotatable bonds is 5. The Kier molecular flexibility index (Phi) is 16.8. The minimum atomic E-state index is -6.09. The third-order valence-corrected chi connectivity index (χ3v) is 6.46. The molecule has 0 saturated heterocycles. The fourth-order valence-corrected chi connectivity index (χ4v) is 3.26. The summed E-state index contributed by atoms with van der Waals surface area (Å²) >= 11 is 0. The molecule has 0 bridgehead atoms. The van der Waals surface area contributed by atoms with Crippen LogP contribution in [0.3, 0.4) is 0 Å². The molecule has 47 heavy (non-hydrogen) atoms. The van der Waals surface area contributed by atoms with Crippen molar-refractivity contribution < 1.29 is 69.1 Å². The summed E-state index contributed by atoms with van der Waals surface area (Å²) in [5.74, 6) is 0. The van der Waals surface area contributed by atoms with Crippen molar-refractivity contribution in [3.8, 4) is 6.07 Å². The van der Waals surface area contributed by atoms with Crippen molar-refractivity contribution in [3.63, 3.8) is 0 Å². The number of alkyl halides is 6. The van der Waals surface area contributed by atoms with Crippen molar-refractivity contribution in [2.75, 3.05) is 0 Å². The minimum Gasteiger partial charge on any atom is -0.741 e. The first-order valence-corrected chi connectivity index (χ1v) is 15.0. The van der Waals surface area contributed by atoms with Gasteiger partial charge in [-0.1, -0.05) is 24.3 Å². The molecule has 1 radical (unpaired) electrons. The maximum Gasteiger partial charge on any atom is 2.00 e. The van der Waals surface area contributed by atoms with Crippen LogP contribution in [0, 0.1) is 11.3 Å². The molecule has 0 amide bonds. The summed E-state index contributed by atoms with van der Waals surface area (Å²) in [5, 5.41) is 7.32. The maximum absolute atomic E-state index is 10.7. The zero-order valence-corrected chi connectivity index (χ0v) is 26.6. The van der Waals surface area contributed by atoms with Crippen LogP contribution in [0.25, 0.3) is 0 Å². The summed E-state index contributed by atoms with van der Waals surface area (Å²) in [6.07, 6.45) is 6.13. The number of hydrogen-bond donors (Lipinski definition) is 0. The van der Waals surface area contributed by atoms with Gasteiger partial charge in [0.25, 0.3) is 0 Å². The minimum absolute atomic E-state index is 0. The fourth-order valence-electron chi connectivity index (χ4n) is 3.26. The first kappa shape index (κ1) is 43.0. The molecular weight excluding hydrogens is 727 g/mol. The standard InChI is InChI=1S/C23H20N4.C2H3N.2CHF3O3S.Co/c1-23(20-11-3-6-15-25-20,21-12-4-7-16-26-21)22-13-8-10-19(27-22)17-18-9-2-5-14-24-18;1-2-3;2*2-1(3,4)8(5,6)7;/h2-16H,17H2,1H3;1H3;2*(H,5,6,7);/q;;;;+2/p-2. The molecule has 20 heteroatoms. The van der Waals surface area contributed by atoms with Crippen LogP contribution in [-0.2, 0) is 48.9 Å². The molecule has 0 spiro atoms. The third kappa shape index (κ3) is 13.7. The van der Waals surface area contributed by atoms with Crippen LogP contribution < -0.4 is 0 Å². The van der Waals surface area contributed by atoms with E-state index in [1.165, 1.54) is 6.92 Å². The Morgan fingerprint density at radius 1 is 0.660 bits per heavy atom. The molecule has 4 aromatic heterocycles. The number of pyridine rings is 4. The van der Waals surface area contributed by atoms with Crippen LogP contribution in [0.1, 0.15) is 42.3 Å². The molecule has 4 rings (SSSR count). The van der Waals surface area contributed by atoms with Crippen molar-refractivity contribution in [2.24, 2.45) is 0 Å². The molecule has 0 aliphatic carbocycles. The largest absolute Gasteiger partial charge is 2.00 e. The van der Waals surface area contributed by atoms with Gasteiger partial charge in [0.05, 0.1) is 28.6 Å². The van der Waals surface area contributed by atoms with Crippen molar-refractivity contribution in [1.82, 2.24) is 19.9 Å². The number of halogens is 6. The normalized spacial score (nSPS) is 11.4. The monoisotopic (exact) mass is 750 g/mol. The third-order valence-electron chi connectivity index (χ3n) is 5.33. The average Bonchev–Trinajstić information content (AvgIpc) is 2.97. The van der Waals surface area contributed by atoms with Crippen LogP contribution in [-0.4, -0.2) is 56.9 Å². The molecule has 0 saturated carbocycles. The van der Waals surface area contributed by atoms with Gasteiger partial charge in [-0.15, -0.1) is 0 Å². The topological polar surface area (TPSA) is 190 Å². The fraction of sp³-hybridized carbons (Fsp3) is 0.222. The van der Waals surface area contributed by atoms with Gasteiger partial charge < -0.3 is 9.11 Å². The molecule has 0 aromatic carbocycles. The van der Waals surface area contributed by atoms with Crippen LogP contribution in [0.4, 0.5) is 26.3 Å². The van der Waals surface area contributed by atoms with E-state index in [-0.39, 0.29) is 16.8 Å². The van der Waals surface area contributed by atoms with E-state index in [1.54, 1.807) is 6.07 Å². The Labute approximate surface area is 276 Å². The first-order chi connectivity index (χ1) is 21.2. The van der Waals surface area contributed by atoms with Gasteiger partial charge in [0.1, 0.15) is 0 Å². The Balaban J connectivity index is 0.000000876. The molecule has 0 fully saturated rings. The number of nitriles is 1. The van der Waals surface area contributed by atoms with E-state index in [0.717, 1.165) is 28.5 Å². The zero-order chi connectivity index (χ0) is 35.2. The molecule has 0 aliphatic heterocycles. The van der Waals surface area contributed by atoms with Gasteiger partial charge in [-0.05, 0) is 55.5 Å². The van der Waals surface area contributed by atoms with E-state index in [2.05, 4.69) is 21.9 Å². The Hall–Kier alpha value is -4.00. The van der Waals surface area contributed by atoms with Crippen molar-refractivity contribution in [1.29, 1.82) is 5.26 Å². The first-order valence-electron chi connectivity index (χ1n) is 12.2. The second-order valence-electron chi connectivity index (χ2n) is 8.59. The molecule has 0 atom stereocenters. The summed E-state index contributed by atoms with van der Waals surface area (Å²) in [6.45, 7) is 3.56. The van der Waals surface area contributed by atoms with Crippen LogP contribution in [0.15, 0.2) is 91.4 Å². The second kappa shape index (κ2) is 18.4. The molecule has 0 unspecified atom stereocenters. The van der Waals surface area contributed by atoms with E-state index in [1.807, 2.05) is 91.4 Å². The average molecular weight is 751 g/mol. The summed E-state index contributed by atoms with van der Waals surface area (Å²) in [4.78, 5) is 18.6. The molecule has 0 N–H and O–H groups in total. The van der Waals surface area contributed by atoms with Gasteiger partial charge in [0, 0.05) is 43.3 Å². The van der Waals surface area contributed by atoms with E-state index in [4.69, 9.17) is 36.2 Å². The summed E-state index contributed by atoms with van der Waals surface area (Å²) in [5.41, 5.74) is -7.09. The molecule has 11 nitrogen and oxygen atoms in total. The van der Waals surface area contributed by atoms with Crippen LogP contribution >= 0.6 is 0 Å². The molecule has 4 heterocycles. The molecule has 0 aliphatic rings. The Bertz CT molecular complexity index is 1700.